The summed E-state index contributed by atoms with van der Waals surface area (Å²) in [6, 6.07) is 3.92. The van der Waals surface area contributed by atoms with Crippen molar-refractivity contribution in [2.45, 2.75) is 24.3 Å². The number of hydrogen-bond donors (Lipinski definition) is 4. The van der Waals surface area contributed by atoms with Crippen LogP contribution in [0.25, 0.3) is 11.3 Å². The van der Waals surface area contributed by atoms with E-state index in [1.807, 2.05) is 13.8 Å². The van der Waals surface area contributed by atoms with Crippen molar-refractivity contribution in [1.82, 2.24) is 25.4 Å². The van der Waals surface area contributed by atoms with Crippen LogP contribution in [0.1, 0.15) is 24.2 Å². The summed E-state index contributed by atoms with van der Waals surface area (Å²) < 4.78 is 14.2. The van der Waals surface area contributed by atoms with Crippen molar-refractivity contribution in [2.75, 3.05) is 5.32 Å². The van der Waals surface area contributed by atoms with Crippen molar-refractivity contribution in [3.63, 3.8) is 0 Å². The van der Waals surface area contributed by atoms with E-state index in [4.69, 9.17) is 0 Å². The Morgan fingerprint density at radius 2 is 2.15 bits per heavy atom. The summed E-state index contributed by atoms with van der Waals surface area (Å²) in [5, 5.41) is 22.4. The lowest BCUT2D eigenvalue weighted by atomic mass is 10.1. The van der Waals surface area contributed by atoms with Crippen LogP contribution < -0.4 is 10.9 Å². The molecule has 2 heterocycles. The van der Waals surface area contributed by atoms with Gasteiger partial charge in [0.1, 0.15) is 11.5 Å². The Morgan fingerprint density at radius 1 is 1.37 bits per heavy atom. The minimum atomic E-state index is -0.907. The van der Waals surface area contributed by atoms with Gasteiger partial charge in [-0.05, 0) is 18.2 Å². The summed E-state index contributed by atoms with van der Waals surface area (Å²) in [4.78, 5) is 30.7. The molecule has 27 heavy (non-hydrogen) atoms. The molecule has 0 aliphatic heterocycles. The van der Waals surface area contributed by atoms with Crippen LogP contribution in [-0.2, 0) is 0 Å². The fraction of sp³-hybridized carbons (Fsp3) is 0.188. The zero-order valence-corrected chi connectivity index (χ0v) is 15.1. The van der Waals surface area contributed by atoms with Crippen LogP contribution in [0, 0.1) is 5.82 Å². The average molecular weight is 390 g/mol. The van der Waals surface area contributed by atoms with Crippen LogP contribution in [0.3, 0.4) is 0 Å². The third kappa shape index (κ3) is 4.14. The molecule has 0 atom stereocenters. The second-order valence-electron chi connectivity index (χ2n) is 5.74. The summed E-state index contributed by atoms with van der Waals surface area (Å²) in [7, 11) is 0. The van der Waals surface area contributed by atoms with E-state index in [2.05, 4.69) is 30.7 Å². The molecule has 0 aliphatic rings. The number of nitrogens with zero attached hydrogens (tertiary/aromatic N) is 3. The molecule has 4 N–H and O–H groups in total. The molecule has 0 saturated carbocycles. The predicted molar refractivity (Wildman–Crippen MR) is 97.2 cm³/mol. The monoisotopic (exact) mass is 390 g/mol. The van der Waals surface area contributed by atoms with Crippen molar-refractivity contribution < 1.29 is 14.3 Å². The maximum Gasteiger partial charge on any atom is 0.268 e. The van der Waals surface area contributed by atoms with Gasteiger partial charge in [0.25, 0.3) is 11.5 Å². The third-order valence-electron chi connectivity index (χ3n) is 3.37. The molecule has 2 aromatic heterocycles. The maximum atomic E-state index is 14.2. The van der Waals surface area contributed by atoms with Crippen molar-refractivity contribution in [3.05, 3.63) is 46.1 Å². The van der Waals surface area contributed by atoms with Crippen LogP contribution in [-0.4, -0.2) is 41.6 Å². The van der Waals surface area contributed by atoms with Crippen LogP contribution >= 0.6 is 11.8 Å². The largest absolute Gasteiger partial charge is 0.493 e. The summed E-state index contributed by atoms with van der Waals surface area (Å²) in [5.74, 6) is -2.24. The van der Waals surface area contributed by atoms with Crippen LogP contribution in [0.2, 0.25) is 0 Å². The van der Waals surface area contributed by atoms with Crippen molar-refractivity contribution in [2.24, 2.45) is 0 Å². The first-order valence-electron chi connectivity index (χ1n) is 7.83. The van der Waals surface area contributed by atoms with E-state index < -0.39 is 28.7 Å². The highest BCUT2D eigenvalue weighted by Crippen LogP contribution is 2.24. The van der Waals surface area contributed by atoms with E-state index in [1.54, 1.807) is 0 Å². The zero-order valence-electron chi connectivity index (χ0n) is 14.3. The minimum absolute atomic E-state index is 0.101. The lowest BCUT2D eigenvalue weighted by Crippen LogP contribution is -2.24. The Balaban J connectivity index is 1.83. The predicted octanol–water partition coefficient (Wildman–Crippen LogP) is 2.15. The quantitative estimate of drug-likeness (QED) is 0.387. The zero-order chi connectivity index (χ0) is 19.6. The second kappa shape index (κ2) is 7.58. The van der Waals surface area contributed by atoms with E-state index in [0.717, 1.165) is 6.07 Å². The molecule has 11 heteroatoms. The van der Waals surface area contributed by atoms with Gasteiger partial charge < -0.3 is 15.4 Å². The van der Waals surface area contributed by atoms with Crippen LogP contribution in [0.5, 0.6) is 5.88 Å². The Hall–Kier alpha value is -3.21. The highest BCUT2D eigenvalue weighted by Gasteiger charge is 2.20. The van der Waals surface area contributed by atoms with Crippen LogP contribution in [0.15, 0.2) is 34.3 Å². The Labute approximate surface area is 156 Å². The molecular weight excluding hydrogens is 375 g/mol. The molecule has 0 aliphatic carbocycles. The number of nitrogens with one attached hydrogen (secondary N) is 3. The smallest absolute Gasteiger partial charge is 0.268 e. The van der Waals surface area contributed by atoms with Crippen molar-refractivity contribution in [3.8, 4) is 17.1 Å². The third-order valence-corrected chi connectivity index (χ3v) is 4.26. The fourth-order valence-electron chi connectivity index (χ4n) is 2.25. The SMILES string of the molecule is CC(C)Sc1nc(O)c(C(=O)Nc2ccc(-c3c[nH]nn3)c(F)c2)c(=O)[nH]1. The molecule has 0 radical (unpaired) electrons. The summed E-state index contributed by atoms with van der Waals surface area (Å²) in [5.41, 5.74) is -0.739. The molecule has 9 nitrogen and oxygen atoms in total. The number of rotatable bonds is 5. The highest BCUT2D eigenvalue weighted by molar-refractivity contribution is 7.99. The first kappa shape index (κ1) is 18.6. The van der Waals surface area contributed by atoms with E-state index >= 15 is 0 Å². The molecule has 3 aromatic rings. The molecule has 0 unspecified atom stereocenters. The van der Waals surface area contributed by atoms with E-state index in [1.165, 1.54) is 30.1 Å². The topological polar surface area (TPSA) is 137 Å². The molecule has 0 saturated heterocycles. The van der Waals surface area contributed by atoms with Gasteiger partial charge in [-0.1, -0.05) is 30.8 Å². The maximum absolute atomic E-state index is 14.2. The van der Waals surface area contributed by atoms with Crippen molar-refractivity contribution >= 4 is 23.4 Å². The molecule has 0 bridgehead atoms. The highest BCUT2D eigenvalue weighted by atomic mass is 32.2. The number of carbonyl (C=O) groups is 1. The number of hydrogen-bond acceptors (Lipinski definition) is 7. The first-order chi connectivity index (χ1) is 12.8. The first-order valence-corrected chi connectivity index (χ1v) is 8.70. The Kier molecular flexibility index (Phi) is 5.21. The van der Waals surface area contributed by atoms with Gasteiger partial charge in [0.15, 0.2) is 10.7 Å². The number of benzene rings is 1. The number of amides is 1. The van der Waals surface area contributed by atoms with E-state index in [-0.39, 0.29) is 21.7 Å². The lowest BCUT2D eigenvalue weighted by molar-refractivity contribution is 0.102. The number of aromatic hydroxyl groups is 1. The Bertz CT molecular complexity index is 1040. The van der Waals surface area contributed by atoms with Gasteiger partial charge in [-0.3, -0.25) is 14.7 Å². The van der Waals surface area contributed by atoms with Gasteiger partial charge in [-0.2, -0.15) is 4.98 Å². The molecule has 140 valence electrons. The minimum Gasteiger partial charge on any atom is -0.493 e. The number of halogens is 1. The van der Waals surface area contributed by atoms with E-state index in [9.17, 15) is 19.1 Å². The number of H-pyrrole nitrogens is 2. The van der Waals surface area contributed by atoms with Gasteiger partial charge in [0, 0.05) is 16.5 Å². The summed E-state index contributed by atoms with van der Waals surface area (Å²) in [6.07, 6.45) is 1.43. The Morgan fingerprint density at radius 3 is 2.74 bits per heavy atom. The number of carbonyl (C=O) groups excluding carboxylic acids is 1. The normalized spacial score (nSPS) is 11.0. The van der Waals surface area contributed by atoms with Crippen molar-refractivity contribution in [1.29, 1.82) is 0 Å². The molecule has 1 amide bonds. The van der Waals surface area contributed by atoms with Gasteiger partial charge in [-0.15, -0.1) is 5.10 Å². The van der Waals surface area contributed by atoms with Gasteiger partial charge in [0.2, 0.25) is 5.88 Å². The molecule has 1 aromatic carbocycles. The number of aromatic nitrogens is 5. The van der Waals surface area contributed by atoms with E-state index in [0.29, 0.717) is 5.69 Å². The van der Waals surface area contributed by atoms with Gasteiger partial charge in [-0.25, -0.2) is 4.39 Å². The summed E-state index contributed by atoms with van der Waals surface area (Å²) in [6.45, 7) is 3.78. The summed E-state index contributed by atoms with van der Waals surface area (Å²) >= 11 is 1.23. The fourth-order valence-corrected chi connectivity index (χ4v) is 2.99. The average Bonchev–Trinajstić information content (AvgIpc) is 3.07. The second-order valence-corrected chi connectivity index (χ2v) is 7.31. The standard InChI is InChI=1S/C16H15FN6O3S/c1-7(2)27-16-20-14(25)12(15(26)21-16)13(24)19-8-3-4-9(10(17)5-8)11-6-18-23-22-11/h3-7H,1-2H3,(H,19,24)(H,18,22,23)(H2,20,21,25,26). The lowest BCUT2D eigenvalue weighted by Gasteiger charge is -2.09. The number of anilines is 1. The number of thioether (sulfide) groups is 1. The van der Waals surface area contributed by atoms with Gasteiger partial charge >= 0.3 is 0 Å². The molecule has 0 spiro atoms. The molecular formula is C16H15FN6O3S. The molecule has 0 fully saturated rings. The number of aromatic amines is 2. The van der Waals surface area contributed by atoms with Crippen LogP contribution in [0.4, 0.5) is 10.1 Å². The molecule has 3 rings (SSSR count). The van der Waals surface area contributed by atoms with Gasteiger partial charge in [0.05, 0.1) is 6.20 Å².